The lowest BCUT2D eigenvalue weighted by atomic mass is 10.4. The summed E-state index contributed by atoms with van der Waals surface area (Å²) in [7, 11) is 0. The third-order valence-electron chi connectivity index (χ3n) is 1.80. The van der Waals surface area contributed by atoms with E-state index >= 15 is 0 Å². The minimum Gasteiger partial charge on any atom is -0.343 e. The number of hydrogen-bond donors (Lipinski definition) is 4. The molecule has 4 N–H and O–H groups in total. The monoisotopic (exact) mass is 237 g/mol. The Hall–Kier alpha value is -2.78. The van der Waals surface area contributed by atoms with Gasteiger partial charge in [0.15, 0.2) is 5.82 Å². The topological polar surface area (TPSA) is 149 Å². The number of nitrogens with zero attached hydrogens (tertiary/aromatic N) is 3. The molecule has 2 heterocycles. The first-order valence-corrected chi connectivity index (χ1v) is 4.49. The third kappa shape index (κ3) is 2.62. The van der Waals surface area contributed by atoms with Gasteiger partial charge in [-0.2, -0.15) is 5.21 Å². The predicted molar refractivity (Wildman–Crippen MR) is 53.0 cm³/mol. The van der Waals surface area contributed by atoms with Gasteiger partial charge >= 0.3 is 5.69 Å². The van der Waals surface area contributed by atoms with Crippen LogP contribution in [0.3, 0.4) is 0 Å². The molecule has 2 aromatic heterocycles. The van der Waals surface area contributed by atoms with Crippen LogP contribution >= 0.6 is 0 Å². The summed E-state index contributed by atoms with van der Waals surface area (Å²) in [5.74, 6) is -0.330. The maximum absolute atomic E-state index is 11.5. The molecule has 0 radical (unpaired) electrons. The summed E-state index contributed by atoms with van der Waals surface area (Å²) >= 11 is 0. The van der Waals surface area contributed by atoms with Crippen molar-refractivity contribution in [2.45, 2.75) is 6.54 Å². The predicted octanol–water partition coefficient (Wildman–Crippen LogP) is -2.49. The highest BCUT2D eigenvalue weighted by Gasteiger charge is 2.08. The summed E-state index contributed by atoms with van der Waals surface area (Å²) in [6.45, 7) is 0.0319. The van der Waals surface area contributed by atoms with Gasteiger partial charge in [0.2, 0.25) is 0 Å². The van der Waals surface area contributed by atoms with E-state index in [9.17, 15) is 14.4 Å². The lowest BCUT2D eigenvalue weighted by Crippen LogP contribution is -2.30. The minimum absolute atomic E-state index is 0.0319. The number of carbonyl (C=O) groups excluding carboxylic acids is 1. The van der Waals surface area contributed by atoms with Crippen LogP contribution in [0.2, 0.25) is 0 Å². The van der Waals surface area contributed by atoms with E-state index in [2.05, 4.69) is 30.9 Å². The molecule has 0 atom stereocenters. The van der Waals surface area contributed by atoms with Gasteiger partial charge in [0, 0.05) is 6.07 Å². The molecule has 2 rings (SSSR count). The summed E-state index contributed by atoms with van der Waals surface area (Å²) in [5, 5.41) is 15.2. The molecule has 0 saturated heterocycles. The molecular formula is C7H7N7O3. The van der Waals surface area contributed by atoms with Crippen LogP contribution in [-0.4, -0.2) is 36.5 Å². The molecule has 0 aliphatic heterocycles. The van der Waals surface area contributed by atoms with E-state index in [4.69, 9.17) is 0 Å². The number of aromatic amines is 3. The zero-order valence-corrected chi connectivity index (χ0v) is 8.35. The van der Waals surface area contributed by atoms with Gasteiger partial charge in [-0.05, 0) is 0 Å². The van der Waals surface area contributed by atoms with Crippen molar-refractivity contribution in [3.05, 3.63) is 38.4 Å². The van der Waals surface area contributed by atoms with Gasteiger partial charge in [-0.1, -0.05) is 5.21 Å². The molecule has 2 aromatic rings. The van der Waals surface area contributed by atoms with E-state index in [0.717, 1.165) is 6.07 Å². The minimum atomic E-state index is -0.748. The second-order valence-corrected chi connectivity index (χ2v) is 3.01. The molecule has 0 bridgehead atoms. The first-order chi connectivity index (χ1) is 8.15. The Balaban J connectivity index is 2.09. The molecule has 0 saturated carbocycles. The van der Waals surface area contributed by atoms with Crippen LogP contribution in [0.25, 0.3) is 0 Å². The van der Waals surface area contributed by atoms with E-state index in [-0.39, 0.29) is 18.1 Å². The van der Waals surface area contributed by atoms with Gasteiger partial charge in [0.1, 0.15) is 5.69 Å². The van der Waals surface area contributed by atoms with Crippen molar-refractivity contribution in [3.8, 4) is 0 Å². The largest absolute Gasteiger partial charge is 0.343 e. The number of tetrazole rings is 1. The van der Waals surface area contributed by atoms with Crippen molar-refractivity contribution < 1.29 is 4.79 Å². The third-order valence-corrected chi connectivity index (χ3v) is 1.80. The highest BCUT2D eigenvalue weighted by atomic mass is 16.2. The fourth-order valence-corrected chi connectivity index (χ4v) is 1.10. The van der Waals surface area contributed by atoms with Crippen molar-refractivity contribution in [3.63, 3.8) is 0 Å². The average Bonchev–Trinajstić information content (AvgIpc) is 2.77. The van der Waals surface area contributed by atoms with Crippen LogP contribution in [0.15, 0.2) is 15.7 Å². The normalized spacial score (nSPS) is 10.1. The van der Waals surface area contributed by atoms with E-state index in [1.165, 1.54) is 0 Å². The Morgan fingerprint density at radius 2 is 2.18 bits per heavy atom. The molecule has 0 aliphatic rings. The Bertz CT molecular complexity index is 597. The quantitative estimate of drug-likeness (QED) is 0.463. The molecule has 0 fully saturated rings. The fourth-order valence-electron chi connectivity index (χ4n) is 1.10. The number of rotatable bonds is 3. The van der Waals surface area contributed by atoms with E-state index in [0.29, 0.717) is 0 Å². The average molecular weight is 237 g/mol. The number of amides is 1. The molecule has 1 amide bonds. The standard InChI is InChI=1S/C7H7N7O3/c15-5-1-3(9-7(17)10-5)6(16)8-2-4-11-13-14-12-4/h1H,2H2,(H,8,16)(H2,9,10,15,17)(H,11,12,13,14). The Morgan fingerprint density at radius 3 is 2.82 bits per heavy atom. The van der Waals surface area contributed by atoms with Gasteiger partial charge in [-0.15, -0.1) is 10.2 Å². The zero-order chi connectivity index (χ0) is 12.3. The number of carbonyl (C=O) groups is 1. The molecule has 0 aromatic carbocycles. The van der Waals surface area contributed by atoms with E-state index < -0.39 is 17.2 Å². The van der Waals surface area contributed by atoms with Crippen LogP contribution in [0.1, 0.15) is 16.3 Å². The maximum atomic E-state index is 11.5. The van der Waals surface area contributed by atoms with Gasteiger partial charge in [-0.25, -0.2) is 4.79 Å². The maximum Gasteiger partial charge on any atom is 0.326 e. The van der Waals surface area contributed by atoms with Crippen LogP contribution in [0.4, 0.5) is 0 Å². The smallest absolute Gasteiger partial charge is 0.326 e. The molecule has 0 spiro atoms. The summed E-state index contributed by atoms with van der Waals surface area (Å²) in [6.07, 6.45) is 0. The molecule has 10 heteroatoms. The summed E-state index contributed by atoms with van der Waals surface area (Å²) in [5.41, 5.74) is -1.54. The second kappa shape index (κ2) is 4.38. The Kier molecular flexibility index (Phi) is 2.77. The second-order valence-electron chi connectivity index (χ2n) is 3.01. The van der Waals surface area contributed by atoms with Gasteiger partial charge < -0.3 is 10.3 Å². The lowest BCUT2D eigenvalue weighted by molar-refractivity contribution is 0.0944. The molecule has 17 heavy (non-hydrogen) atoms. The SMILES string of the molecule is O=C(NCc1nn[nH]n1)c1cc(=O)[nH]c(=O)[nH]1. The number of aromatic nitrogens is 6. The molecule has 0 aliphatic carbocycles. The van der Waals surface area contributed by atoms with Crippen LogP contribution in [-0.2, 0) is 6.54 Å². The first kappa shape index (κ1) is 10.7. The summed E-state index contributed by atoms with van der Waals surface area (Å²) in [6, 6.07) is 0.979. The van der Waals surface area contributed by atoms with E-state index in [1.807, 2.05) is 4.98 Å². The van der Waals surface area contributed by atoms with Gasteiger partial charge in [-0.3, -0.25) is 14.6 Å². The number of nitrogens with one attached hydrogen (secondary N) is 4. The highest BCUT2D eigenvalue weighted by molar-refractivity contribution is 5.91. The lowest BCUT2D eigenvalue weighted by Gasteiger charge is -2.00. The van der Waals surface area contributed by atoms with Crippen LogP contribution in [0.5, 0.6) is 0 Å². The summed E-state index contributed by atoms with van der Waals surface area (Å²) in [4.78, 5) is 37.5. The molecular weight excluding hydrogens is 230 g/mol. The van der Waals surface area contributed by atoms with Crippen molar-refractivity contribution in [2.24, 2.45) is 0 Å². The number of hydrogen-bond acceptors (Lipinski definition) is 6. The van der Waals surface area contributed by atoms with Crippen LogP contribution in [0, 0.1) is 0 Å². The Morgan fingerprint density at radius 1 is 1.35 bits per heavy atom. The molecule has 88 valence electrons. The first-order valence-electron chi connectivity index (χ1n) is 4.49. The van der Waals surface area contributed by atoms with Gasteiger partial charge in [0.05, 0.1) is 6.54 Å². The Labute approximate surface area is 92.5 Å². The number of H-pyrrole nitrogens is 3. The van der Waals surface area contributed by atoms with Crippen molar-refractivity contribution >= 4 is 5.91 Å². The highest BCUT2D eigenvalue weighted by Crippen LogP contribution is 1.88. The van der Waals surface area contributed by atoms with E-state index in [1.54, 1.807) is 0 Å². The van der Waals surface area contributed by atoms with Crippen molar-refractivity contribution in [1.82, 2.24) is 35.9 Å². The van der Waals surface area contributed by atoms with Crippen molar-refractivity contribution in [1.29, 1.82) is 0 Å². The van der Waals surface area contributed by atoms with Crippen LogP contribution < -0.4 is 16.6 Å². The summed E-state index contributed by atoms with van der Waals surface area (Å²) < 4.78 is 0. The van der Waals surface area contributed by atoms with Crippen molar-refractivity contribution in [2.75, 3.05) is 0 Å². The fraction of sp³-hybridized carbons (Fsp3) is 0.143. The van der Waals surface area contributed by atoms with Gasteiger partial charge in [0.25, 0.3) is 11.5 Å². The zero-order valence-electron chi connectivity index (χ0n) is 8.35. The molecule has 0 unspecified atom stereocenters. The molecule has 10 nitrogen and oxygen atoms in total.